The van der Waals surface area contributed by atoms with Crippen LogP contribution in [0.2, 0.25) is 0 Å². The van der Waals surface area contributed by atoms with E-state index in [-0.39, 0.29) is 12.8 Å². The zero-order chi connectivity index (χ0) is 35.8. The Labute approximate surface area is 239 Å². The molecule has 0 fully saturated rings. The Hall–Kier alpha value is -1.80. The van der Waals surface area contributed by atoms with Crippen LogP contribution in [-0.2, 0) is 19.0 Å². The molecular formula is C23H29F17O4. The summed E-state index contributed by atoms with van der Waals surface area (Å²) >= 11 is 0. The second-order valence-electron chi connectivity index (χ2n) is 11.2. The molecule has 0 aliphatic carbocycles. The third kappa shape index (κ3) is 8.92. The lowest BCUT2D eigenvalue weighted by Gasteiger charge is -2.40. The molecule has 0 bridgehead atoms. The van der Waals surface area contributed by atoms with Gasteiger partial charge in [-0.3, -0.25) is 14.3 Å². The molecule has 4 nitrogen and oxygen atoms in total. The van der Waals surface area contributed by atoms with E-state index in [9.17, 15) is 79.4 Å². The first-order valence-electron chi connectivity index (χ1n) is 12.3. The quantitative estimate of drug-likeness (QED) is 0.127. The number of hydrogen-bond acceptors (Lipinski definition) is 4. The Kier molecular flexibility index (Phi) is 12.2. The summed E-state index contributed by atoms with van der Waals surface area (Å²) < 4.78 is 234. The zero-order valence-corrected chi connectivity index (χ0v) is 23.7. The van der Waals surface area contributed by atoms with Crippen molar-refractivity contribution in [2.24, 2.45) is 16.7 Å². The normalized spacial score (nSPS) is 18.4. The van der Waals surface area contributed by atoms with Gasteiger partial charge in [0.25, 0.3) is 0 Å². The summed E-state index contributed by atoms with van der Waals surface area (Å²) in [6, 6.07) is 0. The number of carbonyl (C=O) groups is 1. The Morgan fingerprint density at radius 3 is 1.41 bits per heavy atom. The Morgan fingerprint density at radius 2 is 1.07 bits per heavy atom. The van der Waals surface area contributed by atoms with E-state index >= 15 is 0 Å². The summed E-state index contributed by atoms with van der Waals surface area (Å²) in [6.07, 6.45) is -40.0. The van der Waals surface area contributed by atoms with E-state index in [1.807, 2.05) is 0 Å². The molecular weight excluding hydrogens is 663 g/mol. The SMILES string of the molecule is CCC(C)(C)CC(C(=O)OCCC(F)(OC(F)(F)C(F)(OC(F)(F)C(F)(F)C(F)(F)F)C(F)(F)F)C(F)(F)F)C(C)(C)CC. The first kappa shape index (κ1) is 42.2. The summed E-state index contributed by atoms with van der Waals surface area (Å²) in [4.78, 5) is 12.7. The van der Waals surface area contributed by atoms with Crippen LogP contribution in [0.25, 0.3) is 0 Å². The van der Waals surface area contributed by atoms with Crippen molar-refractivity contribution in [2.45, 2.75) is 116 Å². The lowest BCUT2D eigenvalue weighted by atomic mass is 9.68. The van der Waals surface area contributed by atoms with Crippen LogP contribution in [0, 0.1) is 16.7 Å². The predicted octanol–water partition coefficient (Wildman–Crippen LogP) is 9.67. The summed E-state index contributed by atoms with van der Waals surface area (Å²) in [5.74, 6) is -24.5. The van der Waals surface area contributed by atoms with Gasteiger partial charge in [-0.2, -0.15) is 70.2 Å². The molecule has 3 unspecified atom stereocenters. The molecule has 0 radical (unpaired) electrons. The van der Waals surface area contributed by atoms with Gasteiger partial charge in [-0.1, -0.05) is 54.4 Å². The number of alkyl halides is 17. The van der Waals surface area contributed by atoms with Gasteiger partial charge in [0.15, 0.2) is 0 Å². The highest BCUT2D eigenvalue weighted by molar-refractivity contribution is 5.73. The van der Waals surface area contributed by atoms with Gasteiger partial charge in [-0.05, 0) is 17.3 Å². The van der Waals surface area contributed by atoms with Crippen molar-refractivity contribution in [3.8, 4) is 0 Å². The van der Waals surface area contributed by atoms with Gasteiger partial charge < -0.3 is 4.74 Å². The molecule has 21 heteroatoms. The summed E-state index contributed by atoms with van der Waals surface area (Å²) in [6.45, 7) is 7.73. The molecule has 3 atom stereocenters. The fraction of sp³-hybridized carbons (Fsp3) is 0.957. The fourth-order valence-corrected chi connectivity index (χ4v) is 3.21. The summed E-state index contributed by atoms with van der Waals surface area (Å²) in [5, 5.41) is 0. The van der Waals surface area contributed by atoms with Gasteiger partial charge in [0.05, 0.1) is 18.9 Å². The summed E-state index contributed by atoms with van der Waals surface area (Å²) in [7, 11) is 0. The number of esters is 1. The molecule has 44 heavy (non-hydrogen) atoms. The highest BCUT2D eigenvalue weighted by Crippen LogP contribution is 2.57. The maximum Gasteiger partial charge on any atom is 0.462 e. The number of hydrogen-bond donors (Lipinski definition) is 0. The minimum atomic E-state index is -7.96. The molecule has 0 aromatic carbocycles. The first-order chi connectivity index (χ1) is 19.0. The van der Waals surface area contributed by atoms with Crippen LogP contribution in [-0.4, -0.2) is 61.0 Å². The van der Waals surface area contributed by atoms with Crippen LogP contribution in [0.15, 0.2) is 0 Å². The van der Waals surface area contributed by atoms with Crippen molar-refractivity contribution >= 4 is 5.97 Å². The third-order valence-corrected chi connectivity index (χ3v) is 6.96. The molecule has 0 aromatic rings. The first-order valence-corrected chi connectivity index (χ1v) is 12.3. The monoisotopic (exact) mass is 692 g/mol. The number of carbonyl (C=O) groups excluding carboxylic acids is 1. The zero-order valence-electron chi connectivity index (χ0n) is 23.7. The van der Waals surface area contributed by atoms with E-state index in [1.165, 1.54) is 18.6 Å². The van der Waals surface area contributed by atoms with Crippen LogP contribution in [0.4, 0.5) is 74.6 Å². The molecule has 0 spiro atoms. The number of rotatable bonds is 15. The second kappa shape index (κ2) is 12.8. The maximum absolute atomic E-state index is 14.7. The molecule has 264 valence electrons. The van der Waals surface area contributed by atoms with Gasteiger partial charge >= 0.3 is 54.3 Å². The lowest BCUT2D eigenvalue weighted by Crippen LogP contribution is -2.67. The van der Waals surface area contributed by atoms with Crippen molar-refractivity contribution in [1.29, 1.82) is 0 Å². The van der Waals surface area contributed by atoms with Crippen LogP contribution in [0.5, 0.6) is 0 Å². The van der Waals surface area contributed by atoms with Crippen LogP contribution in [0.3, 0.4) is 0 Å². The Balaban J connectivity index is 6.48. The van der Waals surface area contributed by atoms with Crippen molar-refractivity contribution in [2.75, 3.05) is 6.61 Å². The number of ether oxygens (including phenoxy) is 3. The second-order valence-corrected chi connectivity index (χ2v) is 11.2. The molecule has 0 heterocycles. The standard InChI is InChI=1S/C23H29F17O4/c1-7-14(3,4)11-12(15(5,6)8-2)13(41)42-10-9-16(24,19(28,29)30)43-23(39,40)18(27,21(34,35)36)44-22(37,38)17(25,26)20(31,32)33/h12H,7-11H2,1-6H3. The molecule has 0 aliphatic heterocycles. The molecule has 0 saturated heterocycles. The molecule has 0 saturated carbocycles. The lowest BCUT2D eigenvalue weighted by molar-refractivity contribution is -0.552. The molecule has 0 N–H and O–H groups in total. The maximum atomic E-state index is 14.7. The van der Waals surface area contributed by atoms with Gasteiger partial charge in [0.1, 0.15) is 0 Å². The van der Waals surface area contributed by atoms with E-state index in [0.29, 0.717) is 6.42 Å². The van der Waals surface area contributed by atoms with Gasteiger partial charge in [0, 0.05) is 0 Å². The largest absolute Gasteiger partial charge is 0.465 e. The van der Waals surface area contributed by atoms with Crippen molar-refractivity contribution < 1.29 is 93.6 Å². The van der Waals surface area contributed by atoms with E-state index < -0.39 is 84.1 Å². The Bertz CT molecular complexity index is 971. The molecule has 0 rings (SSSR count). The van der Waals surface area contributed by atoms with Crippen molar-refractivity contribution in [3.63, 3.8) is 0 Å². The van der Waals surface area contributed by atoms with Crippen LogP contribution < -0.4 is 0 Å². The minimum Gasteiger partial charge on any atom is -0.465 e. The average molecular weight is 692 g/mol. The van der Waals surface area contributed by atoms with Crippen LogP contribution >= 0.6 is 0 Å². The minimum absolute atomic E-state index is 0.00183. The molecule has 0 aliphatic rings. The third-order valence-electron chi connectivity index (χ3n) is 6.96. The van der Waals surface area contributed by atoms with Gasteiger partial charge in [-0.15, -0.1) is 0 Å². The van der Waals surface area contributed by atoms with E-state index in [2.05, 4.69) is 9.47 Å². The smallest absolute Gasteiger partial charge is 0.462 e. The molecule has 0 aromatic heterocycles. The van der Waals surface area contributed by atoms with Gasteiger partial charge in [0.2, 0.25) is 0 Å². The van der Waals surface area contributed by atoms with E-state index in [1.54, 1.807) is 27.7 Å². The number of halogens is 17. The average Bonchev–Trinajstić information content (AvgIpc) is 2.79. The van der Waals surface area contributed by atoms with Crippen molar-refractivity contribution in [3.05, 3.63) is 0 Å². The predicted molar refractivity (Wildman–Crippen MR) is 115 cm³/mol. The van der Waals surface area contributed by atoms with Crippen LogP contribution in [0.1, 0.15) is 67.2 Å². The fourth-order valence-electron chi connectivity index (χ4n) is 3.21. The highest BCUT2D eigenvalue weighted by Gasteiger charge is 2.85. The summed E-state index contributed by atoms with van der Waals surface area (Å²) in [5.41, 5.74) is -1.56. The van der Waals surface area contributed by atoms with E-state index in [4.69, 9.17) is 0 Å². The van der Waals surface area contributed by atoms with Crippen molar-refractivity contribution in [1.82, 2.24) is 0 Å². The van der Waals surface area contributed by atoms with Gasteiger partial charge in [-0.25, -0.2) is 4.39 Å². The van der Waals surface area contributed by atoms with E-state index in [0.717, 1.165) is 0 Å². The highest BCUT2D eigenvalue weighted by atomic mass is 19.4. The topological polar surface area (TPSA) is 44.8 Å². The Morgan fingerprint density at radius 1 is 0.614 bits per heavy atom. The molecule has 0 amide bonds.